The topological polar surface area (TPSA) is 54.7 Å². The largest absolute Gasteiger partial charge is 0.382 e. The Balaban J connectivity index is 2.44. The van der Waals surface area contributed by atoms with Crippen molar-refractivity contribution < 1.29 is 0 Å². The van der Waals surface area contributed by atoms with Gasteiger partial charge in [-0.15, -0.1) is 0 Å². The highest BCUT2D eigenvalue weighted by Crippen LogP contribution is 2.64. The summed E-state index contributed by atoms with van der Waals surface area (Å²) < 4.78 is 0. The summed E-state index contributed by atoms with van der Waals surface area (Å²) in [5.41, 5.74) is 8.68. The lowest BCUT2D eigenvalue weighted by molar-refractivity contribution is 0.516. The van der Waals surface area contributed by atoms with Gasteiger partial charge in [-0.05, 0) is 18.8 Å². The van der Waals surface area contributed by atoms with Gasteiger partial charge in [0.05, 0.1) is 0 Å². The SMILES string of the molecule is Cc1c(N)n[nH]c1C1(C)CC1(C)C. The third kappa shape index (κ3) is 0.929. The van der Waals surface area contributed by atoms with Crippen LogP contribution in [-0.4, -0.2) is 10.2 Å². The van der Waals surface area contributed by atoms with Crippen LogP contribution in [0.25, 0.3) is 0 Å². The molecule has 1 atom stereocenters. The van der Waals surface area contributed by atoms with E-state index >= 15 is 0 Å². The first kappa shape index (κ1) is 8.60. The molecule has 2 rings (SSSR count). The van der Waals surface area contributed by atoms with E-state index in [1.165, 1.54) is 12.1 Å². The van der Waals surface area contributed by atoms with E-state index in [1.807, 2.05) is 6.92 Å². The van der Waals surface area contributed by atoms with Crippen molar-refractivity contribution in [3.8, 4) is 0 Å². The van der Waals surface area contributed by atoms with Crippen LogP contribution in [0, 0.1) is 12.3 Å². The minimum atomic E-state index is 0.252. The summed E-state index contributed by atoms with van der Waals surface area (Å²) in [6.07, 6.45) is 1.21. The van der Waals surface area contributed by atoms with Crippen LogP contribution in [0.2, 0.25) is 0 Å². The Morgan fingerprint density at radius 3 is 2.23 bits per heavy atom. The number of rotatable bonds is 1. The minimum Gasteiger partial charge on any atom is -0.382 e. The number of aromatic nitrogens is 2. The van der Waals surface area contributed by atoms with Crippen LogP contribution in [-0.2, 0) is 5.41 Å². The van der Waals surface area contributed by atoms with Crippen molar-refractivity contribution in [3.63, 3.8) is 0 Å². The Morgan fingerprint density at radius 1 is 1.38 bits per heavy atom. The monoisotopic (exact) mass is 179 g/mol. The summed E-state index contributed by atoms with van der Waals surface area (Å²) in [7, 11) is 0. The predicted octanol–water partition coefficient (Wildman–Crippen LogP) is 1.99. The minimum absolute atomic E-state index is 0.252. The molecule has 0 bridgehead atoms. The van der Waals surface area contributed by atoms with Gasteiger partial charge >= 0.3 is 0 Å². The van der Waals surface area contributed by atoms with E-state index in [0.717, 1.165) is 5.56 Å². The Bertz CT molecular complexity index is 351. The Labute approximate surface area is 78.7 Å². The first-order valence-electron chi connectivity index (χ1n) is 4.69. The lowest BCUT2D eigenvalue weighted by Gasteiger charge is -2.13. The molecule has 1 fully saturated rings. The van der Waals surface area contributed by atoms with Gasteiger partial charge < -0.3 is 5.73 Å². The number of nitrogens with one attached hydrogen (secondary N) is 1. The number of H-pyrrole nitrogens is 1. The molecule has 1 unspecified atom stereocenters. The fraction of sp³-hybridized carbons (Fsp3) is 0.700. The molecule has 13 heavy (non-hydrogen) atoms. The zero-order chi connectivity index (χ0) is 9.85. The molecule has 1 aliphatic rings. The van der Waals surface area contributed by atoms with Crippen LogP contribution in [0.5, 0.6) is 0 Å². The standard InChI is InChI=1S/C10H17N3/c1-6-7(12-13-8(6)11)10(4)5-9(10,2)3/h5H2,1-4H3,(H3,11,12,13). The molecule has 3 nitrogen and oxygen atoms in total. The van der Waals surface area contributed by atoms with E-state index < -0.39 is 0 Å². The Hall–Kier alpha value is -0.990. The Kier molecular flexibility index (Phi) is 1.38. The van der Waals surface area contributed by atoms with Crippen molar-refractivity contribution in [2.24, 2.45) is 5.41 Å². The van der Waals surface area contributed by atoms with E-state index in [-0.39, 0.29) is 5.41 Å². The predicted molar refractivity (Wildman–Crippen MR) is 53.5 cm³/mol. The van der Waals surface area contributed by atoms with Gasteiger partial charge in [0.25, 0.3) is 0 Å². The highest BCUT2D eigenvalue weighted by atomic mass is 15.2. The average molecular weight is 179 g/mol. The molecule has 0 spiro atoms. The van der Waals surface area contributed by atoms with Crippen LogP contribution in [0.15, 0.2) is 0 Å². The molecule has 1 saturated carbocycles. The summed E-state index contributed by atoms with van der Waals surface area (Å²) >= 11 is 0. The molecule has 3 heteroatoms. The van der Waals surface area contributed by atoms with Gasteiger partial charge in [-0.2, -0.15) is 5.10 Å². The fourth-order valence-electron chi connectivity index (χ4n) is 2.22. The van der Waals surface area contributed by atoms with Crippen LogP contribution >= 0.6 is 0 Å². The van der Waals surface area contributed by atoms with Crippen LogP contribution in [0.1, 0.15) is 38.4 Å². The number of nitrogen functional groups attached to an aromatic ring is 1. The fourth-order valence-corrected chi connectivity index (χ4v) is 2.22. The summed E-state index contributed by atoms with van der Waals surface area (Å²) in [4.78, 5) is 0. The molecule has 0 saturated heterocycles. The third-order valence-corrected chi connectivity index (χ3v) is 3.76. The van der Waals surface area contributed by atoms with Gasteiger partial charge in [0.2, 0.25) is 0 Å². The van der Waals surface area contributed by atoms with Crippen molar-refractivity contribution in [1.82, 2.24) is 10.2 Å². The number of hydrogen-bond donors (Lipinski definition) is 2. The van der Waals surface area contributed by atoms with Gasteiger partial charge in [0, 0.05) is 16.7 Å². The first-order valence-corrected chi connectivity index (χ1v) is 4.69. The van der Waals surface area contributed by atoms with E-state index in [0.29, 0.717) is 11.2 Å². The summed E-state index contributed by atoms with van der Waals surface area (Å²) in [5.74, 6) is 0.638. The summed E-state index contributed by atoms with van der Waals surface area (Å²) in [6, 6.07) is 0. The van der Waals surface area contributed by atoms with E-state index in [9.17, 15) is 0 Å². The molecule has 1 aromatic rings. The number of anilines is 1. The highest BCUT2D eigenvalue weighted by Gasteiger charge is 2.60. The van der Waals surface area contributed by atoms with Gasteiger partial charge in [-0.3, -0.25) is 5.10 Å². The van der Waals surface area contributed by atoms with Crippen molar-refractivity contribution in [2.75, 3.05) is 5.73 Å². The number of nitrogens with zero attached hydrogens (tertiary/aromatic N) is 1. The van der Waals surface area contributed by atoms with E-state index in [1.54, 1.807) is 0 Å². The lowest BCUT2D eigenvalue weighted by atomic mass is 9.92. The quantitative estimate of drug-likeness (QED) is 0.692. The molecule has 0 amide bonds. The van der Waals surface area contributed by atoms with E-state index in [2.05, 4.69) is 31.0 Å². The first-order chi connectivity index (χ1) is 5.88. The zero-order valence-electron chi connectivity index (χ0n) is 8.73. The Morgan fingerprint density at radius 2 is 1.92 bits per heavy atom. The van der Waals surface area contributed by atoms with Crippen LogP contribution in [0.3, 0.4) is 0 Å². The maximum absolute atomic E-state index is 5.71. The number of hydrogen-bond acceptors (Lipinski definition) is 2. The van der Waals surface area contributed by atoms with Crippen molar-refractivity contribution in [2.45, 2.75) is 39.5 Å². The highest BCUT2D eigenvalue weighted by molar-refractivity contribution is 5.47. The molecule has 0 aliphatic heterocycles. The molecule has 1 aliphatic carbocycles. The molecule has 1 heterocycles. The zero-order valence-corrected chi connectivity index (χ0v) is 8.73. The van der Waals surface area contributed by atoms with Gasteiger partial charge in [0.1, 0.15) is 5.82 Å². The molecule has 0 aromatic carbocycles. The molecule has 72 valence electrons. The molecule has 1 aromatic heterocycles. The normalized spacial score (nSPS) is 30.5. The number of aromatic amines is 1. The van der Waals surface area contributed by atoms with Crippen LogP contribution < -0.4 is 5.73 Å². The lowest BCUT2D eigenvalue weighted by Crippen LogP contribution is -2.11. The van der Waals surface area contributed by atoms with Crippen LogP contribution in [0.4, 0.5) is 5.82 Å². The number of nitrogens with two attached hydrogens (primary N) is 1. The summed E-state index contributed by atoms with van der Waals surface area (Å²) in [6.45, 7) is 8.87. The smallest absolute Gasteiger partial charge is 0.148 e. The second-order valence-corrected chi connectivity index (χ2v) is 5.00. The van der Waals surface area contributed by atoms with Crippen molar-refractivity contribution >= 4 is 5.82 Å². The molecular weight excluding hydrogens is 162 g/mol. The molecular formula is C10H17N3. The van der Waals surface area contributed by atoms with Gasteiger partial charge in [0.15, 0.2) is 0 Å². The second-order valence-electron chi connectivity index (χ2n) is 5.00. The maximum atomic E-state index is 5.71. The average Bonchev–Trinajstić information content (AvgIpc) is 2.35. The van der Waals surface area contributed by atoms with Crippen molar-refractivity contribution in [3.05, 3.63) is 11.3 Å². The van der Waals surface area contributed by atoms with Gasteiger partial charge in [-0.1, -0.05) is 20.8 Å². The summed E-state index contributed by atoms with van der Waals surface area (Å²) in [5, 5.41) is 7.10. The molecule has 0 radical (unpaired) electrons. The van der Waals surface area contributed by atoms with Crippen molar-refractivity contribution in [1.29, 1.82) is 0 Å². The maximum Gasteiger partial charge on any atom is 0.148 e. The second kappa shape index (κ2) is 2.08. The third-order valence-electron chi connectivity index (χ3n) is 3.76. The molecule has 3 N–H and O–H groups in total. The van der Waals surface area contributed by atoms with Gasteiger partial charge in [-0.25, -0.2) is 0 Å². The van der Waals surface area contributed by atoms with E-state index in [4.69, 9.17) is 5.73 Å².